The predicted molar refractivity (Wildman–Crippen MR) is 122 cm³/mol. The Labute approximate surface area is 189 Å². The number of aromatic nitrogens is 1. The molecule has 1 saturated heterocycles. The summed E-state index contributed by atoms with van der Waals surface area (Å²) in [5, 5.41) is 3.40. The molecule has 1 fully saturated rings. The van der Waals surface area contributed by atoms with Crippen molar-refractivity contribution in [3.8, 4) is 17.0 Å². The van der Waals surface area contributed by atoms with Crippen molar-refractivity contribution >= 4 is 49.7 Å². The molecule has 30 heavy (non-hydrogen) atoms. The van der Waals surface area contributed by atoms with Gasteiger partial charge in [0.25, 0.3) is 0 Å². The summed E-state index contributed by atoms with van der Waals surface area (Å²) in [6, 6.07) is 12.2. The fourth-order valence-electron chi connectivity index (χ4n) is 3.27. The van der Waals surface area contributed by atoms with Crippen LogP contribution in [-0.2, 0) is 10.0 Å². The van der Waals surface area contributed by atoms with E-state index in [0.29, 0.717) is 31.2 Å². The third-order valence-electron chi connectivity index (χ3n) is 4.88. The van der Waals surface area contributed by atoms with Gasteiger partial charge in [0.15, 0.2) is 5.13 Å². The van der Waals surface area contributed by atoms with Crippen molar-refractivity contribution in [1.29, 1.82) is 0 Å². The molecule has 2 heterocycles. The first-order valence-corrected chi connectivity index (χ1v) is 12.3. The molecule has 0 radical (unpaired) electrons. The number of ether oxygens (including phenoxy) is 1. The number of rotatable bonds is 5. The summed E-state index contributed by atoms with van der Waals surface area (Å²) < 4.78 is 32.7. The van der Waals surface area contributed by atoms with Crippen LogP contribution in [0, 0.1) is 0 Å². The van der Waals surface area contributed by atoms with E-state index in [4.69, 9.17) is 32.9 Å². The molecule has 1 aliphatic heterocycles. The van der Waals surface area contributed by atoms with Crippen LogP contribution >= 0.6 is 34.5 Å². The number of hydrogen-bond donors (Lipinski definition) is 0. The lowest BCUT2D eigenvalue weighted by molar-refractivity contribution is 0.385. The van der Waals surface area contributed by atoms with Crippen LogP contribution in [0.1, 0.15) is 0 Å². The minimum Gasteiger partial charge on any atom is -0.497 e. The average Bonchev–Trinajstić information content (AvgIpc) is 3.24. The summed E-state index contributed by atoms with van der Waals surface area (Å²) >= 11 is 13.6. The largest absolute Gasteiger partial charge is 0.497 e. The highest BCUT2D eigenvalue weighted by Gasteiger charge is 2.31. The summed E-state index contributed by atoms with van der Waals surface area (Å²) in [4.78, 5) is 6.92. The molecule has 2 aromatic carbocycles. The number of methoxy groups -OCH3 is 1. The molecule has 0 spiro atoms. The number of halogens is 2. The van der Waals surface area contributed by atoms with Gasteiger partial charge in [0.2, 0.25) is 10.0 Å². The summed E-state index contributed by atoms with van der Waals surface area (Å²) in [5.41, 5.74) is 1.85. The summed E-state index contributed by atoms with van der Waals surface area (Å²) in [7, 11) is -2.04. The number of benzene rings is 2. The highest BCUT2D eigenvalue weighted by atomic mass is 35.5. The zero-order valence-corrected chi connectivity index (χ0v) is 19.2. The lowest BCUT2D eigenvalue weighted by Gasteiger charge is -2.33. The van der Waals surface area contributed by atoms with Gasteiger partial charge in [-0.05, 0) is 30.3 Å². The molecule has 0 unspecified atom stereocenters. The van der Waals surface area contributed by atoms with Crippen molar-refractivity contribution in [3.05, 3.63) is 57.9 Å². The van der Waals surface area contributed by atoms with Crippen molar-refractivity contribution in [2.75, 3.05) is 38.2 Å². The van der Waals surface area contributed by atoms with E-state index < -0.39 is 10.0 Å². The molecule has 1 aliphatic rings. The number of thiazole rings is 1. The number of piperazine rings is 1. The van der Waals surface area contributed by atoms with Gasteiger partial charge in [-0.2, -0.15) is 4.31 Å². The predicted octanol–water partition coefficient (Wildman–Crippen LogP) is 4.64. The monoisotopic (exact) mass is 483 g/mol. The third-order valence-corrected chi connectivity index (χ3v) is 8.40. The number of sulfonamides is 1. The zero-order chi connectivity index (χ0) is 21.3. The zero-order valence-electron chi connectivity index (χ0n) is 16.1. The van der Waals surface area contributed by atoms with Crippen molar-refractivity contribution < 1.29 is 13.2 Å². The van der Waals surface area contributed by atoms with Crippen LogP contribution < -0.4 is 9.64 Å². The van der Waals surface area contributed by atoms with Crippen LogP contribution in [0.15, 0.2) is 52.7 Å². The Hall–Kier alpha value is -1.84. The van der Waals surface area contributed by atoms with Crippen LogP contribution in [0.2, 0.25) is 10.0 Å². The molecule has 158 valence electrons. The van der Waals surface area contributed by atoms with E-state index in [2.05, 4.69) is 4.90 Å². The maximum atomic E-state index is 13.0. The topological polar surface area (TPSA) is 62.7 Å². The van der Waals surface area contributed by atoms with Gasteiger partial charge in [-0.15, -0.1) is 11.3 Å². The Bertz CT molecular complexity index is 1160. The van der Waals surface area contributed by atoms with Gasteiger partial charge in [-0.1, -0.05) is 35.3 Å². The Morgan fingerprint density at radius 1 is 1.07 bits per heavy atom. The van der Waals surface area contributed by atoms with Crippen LogP contribution in [0.25, 0.3) is 11.3 Å². The number of anilines is 1. The molecule has 0 aliphatic carbocycles. The summed E-state index contributed by atoms with van der Waals surface area (Å²) in [5.74, 6) is 0.779. The Morgan fingerprint density at radius 2 is 1.83 bits per heavy atom. The van der Waals surface area contributed by atoms with E-state index in [9.17, 15) is 8.42 Å². The first-order valence-electron chi connectivity index (χ1n) is 9.18. The number of hydrogen-bond acceptors (Lipinski definition) is 6. The average molecular weight is 484 g/mol. The molecule has 6 nitrogen and oxygen atoms in total. The van der Waals surface area contributed by atoms with E-state index in [-0.39, 0.29) is 9.92 Å². The molecule has 4 rings (SSSR count). The van der Waals surface area contributed by atoms with Crippen LogP contribution in [-0.4, -0.2) is 51.0 Å². The molecule has 0 N–H and O–H groups in total. The fraction of sp³-hybridized carbons (Fsp3) is 0.250. The van der Waals surface area contributed by atoms with Crippen LogP contribution in [0.3, 0.4) is 0 Å². The van der Waals surface area contributed by atoms with E-state index >= 15 is 0 Å². The van der Waals surface area contributed by atoms with E-state index in [0.717, 1.165) is 22.1 Å². The fourth-order valence-corrected chi connectivity index (χ4v) is 6.32. The first kappa shape index (κ1) is 21.4. The van der Waals surface area contributed by atoms with E-state index in [1.165, 1.54) is 22.5 Å². The van der Waals surface area contributed by atoms with Crippen LogP contribution in [0.5, 0.6) is 5.75 Å². The van der Waals surface area contributed by atoms with Crippen LogP contribution in [0.4, 0.5) is 5.13 Å². The van der Waals surface area contributed by atoms with Crippen molar-refractivity contribution in [2.24, 2.45) is 0 Å². The quantitative estimate of drug-likeness (QED) is 0.528. The third kappa shape index (κ3) is 4.29. The maximum absolute atomic E-state index is 13.0. The molecule has 0 atom stereocenters. The lowest BCUT2D eigenvalue weighted by Crippen LogP contribution is -2.48. The minimum absolute atomic E-state index is 0.0802. The Balaban J connectivity index is 1.46. The van der Waals surface area contributed by atoms with E-state index in [1.54, 1.807) is 18.4 Å². The first-order chi connectivity index (χ1) is 14.4. The molecule has 0 saturated carbocycles. The summed E-state index contributed by atoms with van der Waals surface area (Å²) in [6.07, 6.45) is 0. The van der Waals surface area contributed by atoms with Gasteiger partial charge in [0.05, 0.1) is 17.8 Å². The lowest BCUT2D eigenvalue weighted by atomic mass is 10.2. The highest BCUT2D eigenvalue weighted by Crippen LogP contribution is 2.31. The maximum Gasteiger partial charge on any atom is 0.244 e. The minimum atomic E-state index is -3.68. The molecule has 1 aromatic heterocycles. The second-order valence-corrected chi connectivity index (χ2v) is 10.3. The second-order valence-electron chi connectivity index (χ2n) is 6.71. The van der Waals surface area contributed by atoms with Crippen molar-refractivity contribution in [2.45, 2.75) is 4.90 Å². The molecule has 3 aromatic rings. The molecular formula is C20H19Cl2N3O3S2. The Morgan fingerprint density at radius 3 is 2.53 bits per heavy atom. The smallest absolute Gasteiger partial charge is 0.244 e. The normalized spacial score (nSPS) is 15.4. The highest BCUT2D eigenvalue weighted by molar-refractivity contribution is 7.89. The van der Waals surface area contributed by atoms with Gasteiger partial charge < -0.3 is 9.64 Å². The standard InChI is InChI=1S/C20H19Cl2N3O3S2/c1-28-16-4-2-3-14(11-16)18-13-29-20(23-18)24-7-9-25(10-8-24)30(26,27)19-6-5-15(21)12-17(19)22/h2-6,11-13H,7-10H2,1H3. The van der Waals surface area contributed by atoms with Gasteiger partial charge in [-0.25, -0.2) is 13.4 Å². The molecular weight excluding hydrogens is 465 g/mol. The second kappa shape index (κ2) is 8.72. The van der Waals surface area contributed by atoms with Gasteiger partial charge >= 0.3 is 0 Å². The summed E-state index contributed by atoms with van der Waals surface area (Å²) in [6.45, 7) is 1.82. The van der Waals surface area contributed by atoms with Gasteiger partial charge in [0, 0.05) is 42.1 Å². The SMILES string of the molecule is COc1cccc(-c2csc(N3CCN(S(=O)(=O)c4ccc(Cl)cc4Cl)CC3)n2)c1. The Kier molecular flexibility index (Phi) is 6.22. The van der Waals surface area contributed by atoms with Gasteiger partial charge in [0.1, 0.15) is 10.6 Å². The van der Waals surface area contributed by atoms with E-state index in [1.807, 2.05) is 29.6 Å². The molecule has 0 bridgehead atoms. The van der Waals surface area contributed by atoms with Gasteiger partial charge in [-0.3, -0.25) is 0 Å². The van der Waals surface area contributed by atoms with Crippen molar-refractivity contribution in [3.63, 3.8) is 0 Å². The number of nitrogens with zero attached hydrogens (tertiary/aromatic N) is 3. The molecule has 10 heteroatoms. The van der Waals surface area contributed by atoms with Crippen molar-refractivity contribution in [1.82, 2.24) is 9.29 Å². The molecule has 0 amide bonds.